The average Bonchev–Trinajstić information content (AvgIpc) is 2.74. The van der Waals surface area contributed by atoms with Gasteiger partial charge in [0.1, 0.15) is 0 Å². The predicted molar refractivity (Wildman–Crippen MR) is 67.4 cm³/mol. The molecule has 2 N–H and O–H groups in total. The maximum Gasteiger partial charge on any atom is 0.163 e. The first-order chi connectivity index (χ1) is 8.55. The van der Waals surface area contributed by atoms with Gasteiger partial charge in [0.15, 0.2) is 16.2 Å². The Morgan fingerprint density at radius 1 is 1.28 bits per heavy atom. The SMILES string of the molecule is O=S1(=O)C[C@@H]2NC(O)N(Cc3ccccc3)[C@H]2C1. The Morgan fingerprint density at radius 2 is 2.00 bits per heavy atom. The van der Waals surface area contributed by atoms with Crippen molar-refractivity contribution in [1.82, 2.24) is 10.2 Å². The molecule has 2 fully saturated rings. The van der Waals surface area contributed by atoms with Gasteiger partial charge in [0.05, 0.1) is 11.5 Å². The van der Waals surface area contributed by atoms with Crippen LogP contribution in [0.25, 0.3) is 0 Å². The summed E-state index contributed by atoms with van der Waals surface area (Å²) < 4.78 is 23.2. The summed E-state index contributed by atoms with van der Waals surface area (Å²) in [4.78, 5) is 1.82. The van der Waals surface area contributed by atoms with Crippen molar-refractivity contribution in [2.24, 2.45) is 0 Å². The van der Waals surface area contributed by atoms with E-state index in [2.05, 4.69) is 5.32 Å². The molecule has 18 heavy (non-hydrogen) atoms. The van der Waals surface area contributed by atoms with Crippen LogP contribution in [0.15, 0.2) is 30.3 Å². The molecule has 0 aromatic heterocycles. The summed E-state index contributed by atoms with van der Waals surface area (Å²) in [5.41, 5.74) is 1.07. The van der Waals surface area contributed by atoms with E-state index in [9.17, 15) is 13.5 Å². The molecule has 98 valence electrons. The molecule has 1 aromatic rings. The predicted octanol–water partition coefficient (Wildman–Crippen LogP) is -0.467. The van der Waals surface area contributed by atoms with Crippen LogP contribution in [-0.4, -0.2) is 48.4 Å². The quantitative estimate of drug-likeness (QED) is 0.759. The third kappa shape index (κ3) is 2.16. The molecular weight excluding hydrogens is 252 g/mol. The number of nitrogens with zero attached hydrogens (tertiary/aromatic N) is 1. The van der Waals surface area contributed by atoms with Gasteiger partial charge in [0, 0.05) is 18.6 Å². The molecule has 2 aliphatic rings. The first kappa shape index (κ1) is 12.1. The summed E-state index contributed by atoms with van der Waals surface area (Å²) in [6, 6.07) is 9.50. The van der Waals surface area contributed by atoms with E-state index < -0.39 is 16.2 Å². The van der Waals surface area contributed by atoms with Gasteiger partial charge >= 0.3 is 0 Å². The maximum absolute atomic E-state index is 11.6. The fourth-order valence-corrected chi connectivity index (χ4v) is 4.73. The molecule has 0 saturated carbocycles. The van der Waals surface area contributed by atoms with Gasteiger partial charge < -0.3 is 5.11 Å². The fraction of sp³-hybridized carbons (Fsp3) is 0.500. The van der Waals surface area contributed by atoms with Gasteiger partial charge in [0.2, 0.25) is 0 Å². The Hall–Kier alpha value is -0.950. The zero-order valence-corrected chi connectivity index (χ0v) is 10.7. The molecule has 3 rings (SSSR count). The van der Waals surface area contributed by atoms with Crippen molar-refractivity contribution in [1.29, 1.82) is 0 Å². The van der Waals surface area contributed by atoms with Gasteiger partial charge in [-0.15, -0.1) is 0 Å². The lowest BCUT2D eigenvalue weighted by Gasteiger charge is -2.24. The Labute approximate surface area is 106 Å². The fourth-order valence-electron chi connectivity index (χ4n) is 2.78. The minimum atomic E-state index is -2.97. The van der Waals surface area contributed by atoms with E-state index in [4.69, 9.17) is 0 Å². The second-order valence-corrected chi connectivity index (χ2v) is 7.10. The summed E-state index contributed by atoms with van der Waals surface area (Å²) in [5, 5.41) is 12.9. The van der Waals surface area contributed by atoms with E-state index >= 15 is 0 Å². The van der Waals surface area contributed by atoms with E-state index in [1.807, 2.05) is 35.2 Å². The van der Waals surface area contributed by atoms with Gasteiger partial charge in [-0.3, -0.25) is 10.2 Å². The van der Waals surface area contributed by atoms with Gasteiger partial charge in [-0.1, -0.05) is 30.3 Å². The summed E-state index contributed by atoms with van der Waals surface area (Å²) in [6.07, 6.45) is -0.754. The molecule has 0 radical (unpaired) electrons. The minimum absolute atomic E-state index is 0.120. The summed E-state index contributed by atoms with van der Waals surface area (Å²) in [6.45, 7) is 0.561. The number of rotatable bonds is 2. The van der Waals surface area contributed by atoms with E-state index in [0.717, 1.165) is 5.56 Å². The Morgan fingerprint density at radius 3 is 2.72 bits per heavy atom. The molecule has 5 nitrogen and oxygen atoms in total. The number of nitrogens with one attached hydrogen (secondary N) is 1. The van der Waals surface area contributed by atoms with Crippen LogP contribution >= 0.6 is 0 Å². The Bertz CT molecular complexity index is 532. The van der Waals surface area contributed by atoms with E-state index in [1.165, 1.54) is 0 Å². The van der Waals surface area contributed by atoms with Crippen molar-refractivity contribution in [2.75, 3.05) is 11.5 Å². The molecule has 2 aliphatic heterocycles. The van der Waals surface area contributed by atoms with Gasteiger partial charge in [-0.2, -0.15) is 0 Å². The highest BCUT2D eigenvalue weighted by molar-refractivity contribution is 7.91. The van der Waals surface area contributed by atoms with E-state index in [0.29, 0.717) is 6.54 Å². The number of benzene rings is 1. The summed E-state index contributed by atoms with van der Waals surface area (Å²) >= 11 is 0. The monoisotopic (exact) mass is 268 g/mol. The van der Waals surface area contributed by atoms with E-state index in [-0.39, 0.29) is 23.6 Å². The van der Waals surface area contributed by atoms with Crippen LogP contribution in [0.1, 0.15) is 5.56 Å². The third-order valence-corrected chi connectivity index (χ3v) is 5.35. The Kier molecular flexibility index (Phi) is 2.90. The van der Waals surface area contributed by atoms with Crippen LogP contribution in [0.3, 0.4) is 0 Å². The van der Waals surface area contributed by atoms with Crippen LogP contribution in [0.4, 0.5) is 0 Å². The highest BCUT2D eigenvalue weighted by Crippen LogP contribution is 2.26. The number of hydrogen-bond acceptors (Lipinski definition) is 5. The second kappa shape index (κ2) is 4.31. The van der Waals surface area contributed by atoms with Crippen LogP contribution in [0.2, 0.25) is 0 Å². The van der Waals surface area contributed by atoms with Crippen LogP contribution in [0.5, 0.6) is 0 Å². The average molecular weight is 268 g/mol. The highest BCUT2D eigenvalue weighted by Gasteiger charge is 2.48. The number of fused-ring (bicyclic) bond motifs is 1. The largest absolute Gasteiger partial charge is 0.365 e. The van der Waals surface area contributed by atoms with Crippen molar-refractivity contribution in [3.8, 4) is 0 Å². The first-order valence-electron chi connectivity index (χ1n) is 5.99. The minimum Gasteiger partial charge on any atom is -0.365 e. The molecule has 2 saturated heterocycles. The zero-order chi connectivity index (χ0) is 12.8. The molecule has 3 atom stereocenters. The van der Waals surface area contributed by atoms with Gasteiger partial charge in [-0.25, -0.2) is 8.42 Å². The molecule has 2 heterocycles. The van der Waals surface area contributed by atoms with Crippen molar-refractivity contribution in [3.63, 3.8) is 0 Å². The van der Waals surface area contributed by atoms with Gasteiger partial charge in [0.25, 0.3) is 0 Å². The molecule has 0 bridgehead atoms. The van der Waals surface area contributed by atoms with Crippen LogP contribution in [-0.2, 0) is 16.4 Å². The number of aliphatic hydroxyl groups excluding tert-OH is 1. The smallest absolute Gasteiger partial charge is 0.163 e. The summed E-state index contributed by atoms with van der Waals surface area (Å²) in [5.74, 6) is 0.259. The first-order valence-corrected chi connectivity index (χ1v) is 7.81. The van der Waals surface area contributed by atoms with Crippen molar-refractivity contribution in [3.05, 3.63) is 35.9 Å². The highest BCUT2D eigenvalue weighted by atomic mass is 32.2. The van der Waals surface area contributed by atoms with Crippen molar-refractivity contribution in [2.45, 2.75) is 25.0 Å². The molecule has 6 heteroatoms. The van der Waals surface area contributed by atoms with Crippen molar-refractivity contribution < 1.29 is 13.5 Å². The second-order valence-electron chi connectivity index (χ2n) is 4.95. The maximum atomic E-state index is 11.6. The van der Waals surface area contributed by atoms with Crippen LogP contribution < -0.4 is 5.32 Å². The molecule has 0 spiro atoms. The van der Waals surface area contributed by atoms with Crippen molar-refractivity contribution >= 4 is 9.84 Å². The molecule has 1 aromatic carbocycles. The molecule has 1 unspecified atom stereocenters. The standard InChI is InChI=1S/C12H16N2O3S/c15-12-13-10-7-18(16,17)8-11(10)14(12)6-9-4-2-1-3-5-9/h1-5,10-13,15H,6-8H2/t10-,11-,12?/m0/s1. The Balaban J connectivity index is 1.80. The molecule has 0 amide bonds. The molecular formula is C12H16N2O3S. The zero-order valence-electron chi connectivity index (χ0n) is 9.86. The van der Waals surface area contributed by atoms with Gasteiger partial charge in [-0.05, 0) is 5.56 Å². The normalized spacial score (nSPS) is 34.6. The van der Waals surface area contributed by atoms with Crippen LogP contribution in [0, 0.1) is 0 Å². The summed E-state index contributed by atoms with van der Waals surface area (Å²) in [7, 11) is -2.97. The number of aliphatic hydroxyl groups is 1. The van der Waals surface area contributed by atoms with E-state index in [1.54, 1.807) is 0 Å². The number of hydrogen-bond donors (Lipinski definition) is 2. The lowest BCUT2D eigenvalue weighted by molar-refractivity contribution is 0.00201. The lowest BCUT2D eigenvalue weighted by Crippen LogP contribution is -2.40. The topological polar surface area (TPSA) is 69.6 Å². The third-order valence-electron chi connectivity index (χ3n) is 3.63. The molecule has 0 aliphatic carbocycles. The number of sulfone groups is 1. The lowest BCUT2D eigenvalue weighted by atomic mass is 10.1.